The maximum Gasteiger partial charge on any atom is 0.306 e. The Balaban J connectivity index is 2.33. The van der Waals surface area contributed by atoms with E-state index in [1.165, 1.54) is 7.11 Å². The molecule has 0 fully saturated rings. The van der Waals surface area contributed by atoms with Crippen molar-refractivity contribution in [1.29, 1.82) is 0 Å². The Labute approximate surface area is 87.3 Å². The first kappa shape index (κ1) is 9.86. The molecule has 15 heavy (non-hydrogen) atoms. The van der Waals surface area contributed by atoms with E-state index in [0.29, 0.717) is 0 Å². The number of carboxylic acids is 1. The van der Waals surface area contributed by atoms with Gasteiger partial charge in [-0.05, 0) is 24.3 Å². The molecule has 0 saturated heterocycles. The van der Waals surface area contributed by atoms with Gasteiger partial charge in [0.15, 0.2) is 0 Å². The summed E-state index contributed by atoms with van der Waals surface area (Å²) < 4.78 is 5.26. The highest BCUT2D eigenvalue weighted by molar-refractivity contribution is 6.13. The third-order valence-electron chi connectivity index (χ3n) is 2.49. The molecule has 0 spiro atoms. The third kappa shape index (κ3) is 1.76. The Bertz CT molecular complexity index is 418. The molecule has 0 amide bonds. The number of ether oxygens (including phenoxy) is 1. The van der Waals surface area contributed by atoms with Crippen LogP contribution in [0.3, 0.4) is 0 Å². The Kier molecular flexibility index (Phi) is 2.28. The number of nitrogens with zero attached hydrogens (tertiary/aromatic N) is 1. The number of hydrogen-bond acceptors (Lipinski definition) is 3. The monoisotopic (exact) mass is 205 g/mol. The first-order valence-corrected chi connectivity index (χ1v) is 4.59. The molecule has 0 aromatic carbocycles. The summed E-state index contributed by atoms with van der Waals surface area (Å²) in [5.74, 6) is -0.888. The van der Waals surface area contributed by atoms with Gasteiger partial charge in [-0.15, -0.1) is 0 Å². The number of aliphatic carboxylic acids is 1. The molecule has 2 rings (SSSR count). The molecule has 4 heteroatoms. The smallest absolute Gasteiger partial charge is 0.306 e. The zero-order chi connectivity index (χ0) is 10.9. The molecule has 1 aliphatic heterocycles. The minimum atomic E-state index is -0.888. The predicted octanol–water partition coefficient (Wildman–Crippen LogP) is 1.31. The van der Waals surface area contributed by atoms with E-state index in [4.69, 9.17) is 9.84 Å². The quantitative estimate of drug-likeness (QED) is 0.755. The highest BCUT2D eigenvalue weighted by atomic mass is 16.5. The predicted molar refractivity (Wildman–Crippen MR) is 55.8 cm³/mol. The zero-order valence-corrected chi connectivity index (χ0v) is 8.30. The Morgan fingerprint density at radius 1 is 1.60 bits per heavy atom. The van der Waals surface area contributed by atoms with E-state index in [0.717, 1.165) is 11.3 Å². The van der Waals surface area contributed by atoms with Crippen LogP contribution in [0.15, 0.2) is 41.1 Å². The number of methoxy groups -OCH3 is 1. The van der Waals surface area contributed by atoms with E-state index >= 15 is 0 Å². The van der Waals surface area contributed by atoms with E-state index in [-0.39, 0.29) is 6.42 Å². The highest BCUT2D eigenvalue weighted by Gasteiger charge is 2.31. The van der Waals surface area contributed by atoms with Crippen molar-refractivity contribution in [3.05, 3.63) is 36.1 Å². The Morgan fingerprint density at radius 3 is 3.07 bits per heavy atom. The molecule has 1 N–H and O–H groups in total. The van der Waals surface area contributed by atoms with Gasteiger partial charge in [0.25, 0.3) is 0 Å². The normalized spacial score (nSPS) is 27.3. The fraction of sp³-hybridized carbons (Fsp3) is 0.273. The first-order chi connectivity index (χ1) is 7.15. The van der Waals surface area contributed by atoms with E-state index in [9.17, 15) is 4.79 Å². The highest BCUT2D eigenvalue weighted by Crippen LogP contribution is 2.28. The number of carbonyl (C=O) groups is 1. The van der Waals surface area contributed by atoms with Crippen molar-refractivity contribution in [3.63, 3.8) is 0 Å². The summed E-state index contributed by atoms with van der Waals surface area (Å²) in [6.07, 6.45) is 8.78. The molecule has 0 saturated carbocycles. The van der Waals surface area contributed by atoms with Crippen LogP contribution >= 0.6 is 0 Å². The second-order valence-corrected chi connectivity index (χ2v) is 3.49. The zero-order valence-electron chi connectivity index (χ0n) is 8.30. The van der Waals surface area contributed by atoms with Crippen molar-refractivity contribution in [2.24, 2.45) is 4.99 Å². The fourth-order valence-corrected chi connectivity index (χ4v) is 1.70. The summed E-state index contributed by atoms with van der Waals surface area (Å²) in [7, 11) is 1.51. The first-order valence-electron chi connectivity index (χ1n) is 4.59. The molecular weight excluding hydrogens is 194 g/mol. The summed E-state index contributed by atoms with van der Waals surface area (Å²) in [5, 5.41) is 8.81. The van der Waals surface area contributed by atoms with Gasteiger partial charge in [-0.1, -0.05) is 0 Å². The summed E-state index contributed by atoms with van der Waals surface area (Å²) in [5.41, 5.74) is 0.933. The van der Waals surface area contributed by atoms with Crippen LogP contribution in [0.4, 0.5) is 0 Å². The minimum Gasteiger partial charge on any atom is -0.481 e. The SMILES string of the molecule is COC1(CC(=O)O)C=CC2=NC=CC2=C1. The second kappa shape index (κ2) is 3.47. The molecule has 2 aliphatic rings. The van der Waals surface area contributed by atoms with E-state index in [2.05, 4.69) is 4.99 Å². The lowest BCUT2D eigenvalue weighted by molar-refractivity contribution is -0.140. The van der Waals surface area contributed by atoms with Crippen molar-refractivity contribution >= 4 is 11.7 Å². The minimum absolute atomic E-state index is 0.0788. The van der Waals surface area contributed by atoms with Crippen LogP contribution < -0.4 is 0 Å². The van der Waals surface area contributed by atoms with E-state index in [1.807, 2.05) is 6.08 Å². The van der Waals surface area contributed by atoms with Crippen LogP contribution in [-0.4, -0.2) is 29.5 Å². The van der Waals surface area contributed by atoms with Gasteiger partial charge in [-0.25, -0.2) is 0 Å². The van der Waals surface area contributed by atoms with Crippen LogP contribution in [0.25, 0.3) is 0 Å². The number of fused-ring (bicyclic) bond motifs is 1. The standard InChI is InChI=1S/C11H11NO3/c1-15-11(7-10(13)14)4-2-9-8(6-11)3-5-12-9/h2-6H,7H2,1H3,(H,13,14). The van der Waals surface area contributed by atoms with Crippen LogP contribution in [0, 0.1) is 0 Å². The van der Waals surface area contributed by atoms with Gasteiger partial charge < -0.3 is 9.84 Å². The number of aliphatic imine (C=N–C) groups is 1. The van der Waals surface area contributed by atoms with Gasteiger partial charge in [0.2, 0.25) is 0 Å². The number of hydrogen-bond donors (Lipinski definition) is 1. The maximum absolute atomic E-state index is 10.7. The van der Waals surface area contributed by atoms with Crippen molar-refractivity contribution in [3.8, 4) is 0 Å². The average Bonchev–Trinajstić information content (AvgIpc) is 2.63. The van der Waals surface area contributed by atoms with Crippen LogP contribution in [-0.2, 0) is 9.53 Å². The Hall–Kier alpha value is -1.68. The van der Waals surface area contributed by atoms with Crippen molar-refractivity contribution in [1.82, 2.24) is 0 Å². The van der Waals surface area contributed by atoms with Gasteiger partial charge in [0.1, 0.15) is 5.60 Å². The van der Waals surface area contributed by atoms with Crippen LogP contribution in [0.1, 0.15) is 6.42 Å². The molecule has 1 unspecified atom stereocenters. The van der Waals surface area contributed by atoms with Gasteiger partial charge in [-0.2, -0.15) is 0 Å². The molecule has 0 aromatic heterocycles. The maximum atomic E-state index is 10.7. The summed E-state index contributed by atoms with van der Waals surface area (Å²) in [6, 6.07) is 0. The largest absolute Gasteiger partial charge is 0.481 e. The Morgan fingerprint density at radius 2 is 2.40 bits per heavy atom. The topological polar surface area (TPSA) is 58.9 Å². The van der Waals surface area contributed by atoms with Crippen LogP contribution in [0.2, 0.25) is 0 Å². The van der Waals surface area contributed by atoms with Gasteiger partial charge in [-0.3, -0.25) is 9.79 Å². The molecule has 0 aromatic rings. The molecule has 0 radical (unpaired) electrons. The number of rotatable bonds is 3. The average molecular weight is 205 g/mol. The molecular formula is C11H11NO3. The fourth-order valence-electron chi connectivity index (χ4n) is 1.70. The number of carboxylic acid groups (broad SMARTS) is 1. The molecule has 1 aliphatic carbocycles. The second-order valence-electron chi connectivity index (χ2n) is 3.49. The van der Waals surface area contributed by atoms with Crippen molar-refractivity contribution in [2.45, 2.75) is 12.0 Å². The lowest BCUT2D eigenvalue weighted by atomic mass is 9.89. The van der Waals surface area contributed by atoms with Crippen LogP contribution in [0.5, 0.6) is 0 Å². The summed E-state index contributed by atoms with van der Waals surface area (Å²) in [4.78, 5) is 14.8. The molecule has 0 bridgehead atoms. The van der Waals surface area contributed by atoms with E-state index < -0.39 is 11.6 Å². The van der Waals surface area contributed by atoms with E-state index in [1.54, 1.807) is 24.4 Å². The van der Waals surface area contributed by atoms with Gasteiger partial charge in [0, 0.05) is 18.9 Å². The summed E-state index contributed by atoms with van der Waals surface area (Å²) >= 11 is 0. The molecule has 4 nitrogen and oxygen atoms in total. The lowest BCUT2D eigenvalue weighted by Crippen LogP contribution is -2.32. The molecule has 1 atom stereocenters. The van der Waals surface area contributed by atoms with Crippen molar-refractivity contribution < 1.29 is 14.6 Å². The van der Waals surface area contributed by atoms with Gasteiger partial charge >= 0.3 is 5.97 Å². The van der Waals surface area contributed by atoms with Gasteiger partial charge in [0.05, 0.1) is 12.1 Å². The lowest BCUT2D eigenvalue weighted by Gasteiger charge is -2.27. The molecule has 1 heterocycles. The third-order valence-corrected chi connectivity index (χ3v) is 2.49. The number of allylic oxidation sites excluding steroid dienone is 3. The molecule has 78 valence electrons. The van der Waals surface area contributed by atoms with Crippen molar-refractivity contribution in [2.75, 3.05) is 7.11 Å². The summed E-state index contributed by atoms with van der Waals surface area (Å²) in [6.45, 7) is 0.